The van der Waals surface area contributed by atoms with Crippen LogP contribution in [0.1, 0.15) is 10.4 Å². The van der Waals surface area contributed by atoms with Crippen molar-refractivity contribution in [2.45, 2.75) is 0 Å². The standard InChI is InChI=1S/C11H7NO3S2/c13-11(16)8-6-7(10-2-1-5-17-10)3-4-9(8)12(14)15/h1-6H,(H,13,16). The van der Waals surface area contributed by atoms with E-state index in [0.29, 0.717) is 0 Å². The zero-order valence-corrected chi connectivity index (χ0v) is 10.2. The van der Waals surface area contributed by atoms with Gasteiger partial charge in [-0.1, -0.05) is 6.07 Å². The summed E-state index contributed by atoms with van der Waals surface area (Å²) in [6, 6.07) is 8.23. The second kappa shape index (κ2) is 4.68. The first-order valence-corrected chi connectivity index (χ1v) is 5.98. The zero-order chi connectivity index (χ0) is 12.4. The molecule has 1 aromatic heterocycles. The largest absolute Gasteiger partial charge is 0.282 e. The Bertz CT molecular complexity index is 578. The molecule has 2 aromatic rings. The van der Waals surface area contributed by atoms with Crippen LogP contribution in [0.3, 0.4) is 0 Å². The van der Waals surface area contributed by atoms with Gasteiger partial charge in [0, 0.05) is 10.9 Å². The highest BCUT2D eigenvalue weighted by Crippen LogP contribution is 2.30. The first-order chi connectivity index (χ1) is 8.09. The maximum absolute atomic E-state index is 11.3. The maximum Gasteiger partial charge on any atom is 0.281 e. The third-order valence-corrected chi connectivity index (χ3v) is 3.39. The van der Waals surface area contributed by atoms with Crippen molar-refractivity contribution in [2.24, 2.45) is 0 Å². The van der Waals surface area contributed by atoms with Crippen molar-refractivity contribution in [3.63, 3.8) is 0 Å². The van der Waals surface area contributed by atoms with Gasteiger partial charge in [0.15, 0.2) is 0 Å². The lowest BCUT2D eigenvalue weighted by molar-refractivity contribution is -0.385. The van der Waals surface area contributed by atoms with Crippen LogP contribution in [0.25, 0.3) is 10.4 Å². The van der Waals surface area contributed by atoms with Gasteiger partial charge in [0.25, 0.3) is 5.69 Å². The summed E-state index contributed by atoms with van der Waals surface area (Å²) >= 11 is 5.16. The number of hydrogen-bond donors (Lipinski definition) is 1. The minimum Gasteiger partial charge on any atom is -0.282 e. The van der Waals surface area contributed by atoms with Crippen LogP contribution >= 0.6 is 24.0 Å². The molecule has 0 aliphatic carbocycles. The molecular formula is C11H7NO3S2. The second-order valence-electron chi connectivity index (χ2n) is 3.27. The summed E-state index contributed by atoms with van der Waals surface area (Å²) in [7, 11) is 0. The molecule has 86 valence electrons. The van der Waals surface area contributed by atoms with Gasteiger partial charge in [0.1, 0.15) is 5.56 Å². The van der Waals surface area contributed by atoms with Gasteiger partial charge in [0.05, 0.1) is 4.92 Å². The fourth-order valence-corrected chi connectivity index (χ4v) is 2.37. The first-order valence-electron chi connectivity index (χ1n) is 4.65. The van der Waals surface area contributed by atoms with E-state index in [0.717, 1.165) is 10.4 Å². The minimum absolute atomic E-state index is 0.0178. The summed E-state index contributed by atoms with van der Waals surface area (Å²) in [4.78, 5) is 22.4. The molecule has 0 aliphatic rings. The van der Waals surface area contributed by atoms with Crippen LogP contribution in [0, 0.1) is 10.1 Å². The molecule has 0 spiro atoms. The lowest BCUT2D eigenvalue weighted by Gasteiger charge is -2.01. The number of rotatable bonds is 3. The monoisotopic (exact) mass is 265 g/mol. The molecule has 17 heavy (non-hydrogen) atoms. The quantitative estimate of drug-likeness (QED) is 0.525. The van der Waals surface area contributed by atoms with Crippen molar-refractivity contribution in [3.05, 3.63) is 51.4 Å². The van der Waals surface area contributed by atoms with E-state index in [1.165, 1.54) is 23.5 Å². The van der Waals surface area contributed by atoms with Gasteiger partial charge in [-0.3, -0.25) is 14.9 Å². The Hall–Kier alpha value is -1.66. The predicted octanol–water partition coefficient (Wildman–Crippen LogP) is 3.39. The van der Waals surface area contributed by atoms with E-state index in [2.05, 4.69) is 12.6 Å². The van der Waals surface area contributed by atoms with Crippen molar-refractivity contribution in [3.8, 4) is 10.4 Å². The fourth-order valence-electron chi connectivity index (χ4n) is 1.46. The molecule has 1 heterocycles. The second-order valence-corrected chi connectivity index (χ2v) is 4.63. The van der Waals surface area contributed by atoms with E-state index in [9.17, 15) is 14.9 Å². The van der Waals surface area contributed by atoms with Crippen molar-refractivity contribution < 1.29 is 9.72 Å². The highest BCUT2D eigenvalue weighted by atomic mass is 32.1. The Morgan fingerprint density at radius 1 is 1.35 bits per heavy atom. The average molecular weight is 265 g/mol. The fraction of sp³-hybridized carbons (Fsp3) is 0. The summed E-state index contributed by atoms with van der Waals surface area (Å²) in [5.41, 5.74) is 0.581. The number of thiol groups is 1. The SMILES string of the molecule is O=C(S)c1cc(-c2cccs2)ccc1[N+](=O)[O-]. The van der Waals surface area contributed by atoms with Gasteiger partial charge in [-0.2, -0.15) is 0 Å². The van der Waals surface area contributed by atoms with Crippen LogP contribution in [0.15, 0.2) is 35.7 Å². The average Bonchev–Trinajstić information content (AvgIpc) is 2.81. The maximum atomic E-state index is 11.3. The molecule has 0 atom stereocenters. The van der Waals surface area contributed by atoms with Crippen LogP contribution < -0.4 is 0 Å². The lowest BCUT2D eigenvalue weighted by atomic mass is 10.1. The molecule has 0 amide bonds. The molecule has 0 unspecified atom stereocenters. The van der Waals surface area contributed by atoms with Gasteiger partial charge in [-0.15, -0.1) is 24.0 Å². The van der Waals surface area contributed by atoms with Crippen LogP contribution in [-0.4, -0.2) is 10.0 Å². The van der Waals surface area contributed by atoms with Gasteiger partial charge in [0.2, 0.25) is 5.12 Å². The smallest absolute Gasteiger partial charge is 0.281 e. The topological polar surface area (TPSA) is 60.2 Å². The molecule has 6 heteroatoms. The molecule has 0 bridgehead atoms. The summed E-state index contributed by atoms with van der Waals surface area (Å²) < 4.78 is 0. The van der Waals surface area contributed by atoms with Crippen LogP contribution in [0.4, 0.5) is 5.69 Å². The number of benzene rings is 1. The van der Waals surface area contributed by atoms with E-state index < -0.39 is 10.0 Å². The zero-order valence-electron chi connectivity index (χ0n) is 8.49. The first kappa shape index (κ1) is 11.8. The van der Waals surface area contributed by atoms with Crippen molar-refractivity contribution in [1.82, 2.24) is 0 Å². The van der Waals surface area contributed by atoms with Crippen molar-refractivity contribution >= 4 is 34.8 Å². The van der Waals surface area contributed by atoms with E-state index in [4.69, 9.17) is 0 Å². The normalized spacial score (nSPS) is 10.2. The number of hydrogen-bond acceptors (Lipinski definition) is 4. The van der Waals surface area contributed by atoms with Crippen molar-refractivity contribution in [1.29, 1.82) is 0 Å². The minimum atomic E-state index is -0.602. The Balaban J connectivity index is 2.57. The molecule has 1 aromatic carbocycles. The summed E-state index contributed by atoms with van der Waals surface area (Å²) in [6.45, 7) is 0. The van der Waals surface area contributed by atoms with Crippen molar-refractivity contribution in [2.75, 3.05) is 0 Å². The number of nitro benzene ring substituents is 1. The third kappa shape index (κ3) is 2.37. The van der Waals surface area contributed by atoms with E-state index >= 15 is 0 Å². The molecule has 0 aliphatic heterocycles. The molecular weight excluding hydrogens is 258 g/mol. The van der Waals surface area contributed by atoms with Gasteiger partial charge < -0.3 is 0 Å². The highest BCUT2D eigenvalue weighted by molar-refractivity contribution is 7.97. The highest BCUT2D eigenvalue weighted by Gasteiger charge is 2.18. The molecule has 0 N–H and O–H groups in total. The Kier molecular flexibility index (Phi) is 3.26. The number of nitrogens with zero attached hydrogens (tertiary/aromatic N) is 1. The molecule has 2 rings (SSSR count). The predicted molar refractivity (Wildman–Crippen MR) is 69.7 cm³/mol. The van der Waals surface area contributed by atoms with Crippen LogP contribution in [-0.2, 0) is 0 Å². The Morgan fingerprint density at radius 3 is 2.65 bits per heavy atom. The Labute approximate surface area is 106 Å². The summed E-state index contributed by atoms with van der Waals surface area (Å²) in [5.74, 6) is 0. The Morgan fingerprint density at radius 2 is 2.12 bits per heavy atom. The van der Waals surface area contributed by atoms with Crippen LogP contribution in [0.5, 0.6) is 0 Å². The summed E-state index contributed by atoms with van der Waals surface area (Å²) in [5, 5.41) is 12.0. The molecule has 0 radical (unpaired) electrons. The summed E-state index contributed by atoms with van der Waals surface area (Å²) in [6.07, 6.45) is 0. The van der Waals surface area contributed by atoms with E-state index in [1.54, 1.807) is 6.07 Å². The van der Waals surface area contributed by atoms with E-state index in [-0.39, 0.29) is 11.3 Å². The number of carbonyl (C=O) groups excluding carboxylic acids is 1. The molecule has 0 saturated carbocycles. The number of thiophene rings is 1. The van der Waals surface area contributed by atoms with E-state index in [1.807, 2.05) is 17.5 Å². The molecule has 0 saturated heterocycles. The molecule has 4 nitrogen and oxygen atoms in total. The van der Waals surface area contributed by atoms with Crippen LogP contribution in [0.2, 0.25) is 0 Å². The third-order valence-electron chi connectivity index (χ3n) is 2.23. The number of nitro groups is 1. The van der Waals surface area contributed by atoms with Gasteiger partial charge in [-0.25, -0.2) is 0 Å². The lowest BCUT2D eigenvalue weighted by Crippen LogP contribution is -1.98. The van der Waals surface area contributed by atoms with Gasteiger partial charge in [-0.05, 0) is 29.1 Å². The molecule has 0 fully saturated rings. The number of carbonyl (C=O) groups is 1. The van der Waals surface area contributed by atoms with Gasteiger partial charge >= 0.3 is 0 Å².